The number of hydrogen-bond donors (Lipinski definition) is 3. The highest BCUT2D eigenvalue weighted by Crippen LogP contribution is 2.40. The number of H-pyrrole nitrogens is 1. The lowest BCUT2D eigenvalue weighted by Gasteiger charge is -2.27. The van der Waals surface area contributed by atoms with E-state index in [9.17, 15) is 8.42 Å². The van der Waals surface area contributed by atoms with Gasteiger partial charge in [0.2, 0.25) is 10.0 Å². The molecular weight excluding hydrogens is 394 g/mol. The predicted molar refractivity (Wildman–Crippen MR) is 114 cm³/mol. The Labute approximate surface area is 168 Å². The molecule has 9 heteroatoms. The van der Waals surface area contributed by atoms with Crippen LogP contribution < -0.4 is 14.9 Å². The first-order valence-corrected chi connectivity index (χ1v) is 10.9. The van der Waals surface area contributed by atoms with Gasteiger partial charge in [0, 0.05) is 29.5 Å². The standard InChI is InChI=1S/C19H19N5O2S2/c1-28(25,26)23-13-7-9-14(10-8-13)24-18(16-6-4-12-21-16)17(22-19(24)27)15-5-2-3-11-20-15/h2-12,17-18,21,23H,1H3,(H,22,27). The number of nitrogens with one attached hydrogen (secondary N) is 3. The van der Waals surface area contributed by atoms with E-state index in [0.717, 1.165) is 23.3 Å². The van der Waals surface area contributed by atoms with Crippen LogP contribution in [0.15, 0.2) is 67.0 Å². The molecule has 3 N–H and O–H groups in total. The van der Waals surface area contributed by atoms with Crippen molar-refractivity contribution in [2.24, 2.45) is 0 Å². The van der Waals surface area contributed by atoms with E-state index in [0.29, 0.717) is 10.8 Å². The normalized spacial score (nSPS) is 19.5. The van der Waals surface area contributed by atoms with Crippen molar-refractivity contribution in [2.45, 2.75) is 12.1 Å². The lowest BCUT2D eigenvalue weighted by atomic mass is 10.0. The summed E-state index contributed by atoms with van der Waals surface area (Å²) in [5, 5.41) is 3.96. The van der Waals surface area contributed by atoms with Gasteiger partial charge in [0.05, 0.1) is 18.0 Å². The summed E-state index contributed by atoms with van der Waals surface area (Å²) in [4.78, 5) is 9.80. The van der Waals surface area contributed by atoms with Gasteiger partial charge in [0.15, 0.2) is 5.11 Å². The number of anilines is 2. The summed E-state index contributed by atoms with van der Waals surface area (Å²) in [5.41, 5.74) is 3.25. The number of nitrogens with zero attached hydrogens (tertiary/aromatic N) is 2. The molecule has 0 aliphatic carbocycles. The van der Waals surface area contributed by atoms with Gasteiger partial charge in [0.25, 0.3) is 0 Å². The van der Waals surface area contributed by atoms with Gasteiger partial charge < -0.3 is 15.2 Å². The molecule has 3 heterocycles. The number of thiocarbonyl (C=S) groups is 1. The Kier molecular flexibility index (Phi) is 4.78. The first-order valence-electron chi connectivity index (χ1n) is 8.64. The molecule has 7 nitrogen and oxygen atoms in total. The molecule has 0 saturated carbocycles. The van der Waals surface area contributed by atoms with Gasteiger partial charge in [-0.1, -0.05) is 6.07 Å². The first-order chi connectivity index (χ1) is 13.4. The number of aromatic nitrogens is 2. The van der Waals surface area contributed by atoms with Crippen molar-refractivity contribution in [1.82, 2.24) is 15.3 Å². The predicted octanol–water partition coefficient (Wildman–Crippen LogP) is 2.96. The Hall–Kier alpha value is -2.91. The van der Waals surface area contributed by atoms with E-state index in [2.05, 4.69) is 20.0 Å². The molecule has 1 aliphatic heterocycles. The molecule has 0 spiro atoms. The van der Waals surface area contributed by atoms with Gasteiger partial charge in [0.1, 0.15) is 6.04 Å². The lowest BCUT2D eigenvalue weighted by molar-refractivity contribution is 0.558. The minimum absolute atomic E-state index is 0.119. The molecular formula is C19H19N5O2S2. The number of pyridine rings is 1. The van der Waals surface area contributed by atoms with Crippen LogP contribution in [-0.4, -0.2) is 29.8 Å². The summed E-state index contributed by atoms with van der Waals surface area (Å²) in [7, 11) is -3.33. The molecule has 1 fully saturated rings. The fourth-order valence-corrected chi connectivity index (χ4v) is 4.29. The van der Waals surface area contributed by atoms with Gasteiger partial charge in [-0.25, -0.2) is 8.42 Å². The Morgan fingerprint density at radius 1 is 1.11 bits per heavy atom. The molecule has 28 heavy (non-hydrogen) atoms. The van der Waals surface area contributed by atoms with Gasteiger partial charge in [-0.15, -0.1) is 0 Å². The third-order valence-corrected chi connectivity index (χ3v) is 5.41. The first kappa shape index (κ1) is 18.5. The van der Waals surface area contributed by atoms with E-state index < -0.39 is 10.0 Å². The quantitative estimate of drug-likeness (QED) is 0.557. The third kappa shape index (κ3) is 3.71. The van der Waals surface area contributed by atoms with Crippen molar-refractivity contribution >= 4 is 38.7 Å². The molecule has 2 aromatic heterocycles. The lowest BCUT2D eigenvalue weighted by Crippen LogP contribution is -2.29. The van der Waals surface area contributed by atoms with Crippen LogP contribution in [0, 0.1) is 0 Å². The molecule has 0 bridgehead atoms. The van der Waals surface area contributed by atoms with Crippen LogP contribution in [0.3, 0.4) is 0 Å². The Morgan fingerprint density at radius 2 is 1.89 bits per heavy atom. The number of benzene rings is 1. The van der Waals surface area contributed by atoms with Crippen molar-refractivity contribution < 1.29 is 8.42 Å². The highest BCUT2D eigenvalue weighted by Gasteiger charge is 2.41. The minimum Gasteiger partial charge on any atom is -0.363 e. The van der Waals surface area contributed by atoms with E-state index in [4.69, 9.17) is 12.2 Å². The van der Waals surface area contributed by atoms with Crippen LogP contribution in [0.4, 0.5) is 11.4 Å². The zero-order chi connectivity index (χ0) is 19.7. The fraction of sp³-hybridized carbons (Fsp3) is 0.158. The average molecular weight is 414 g/mol. The van der Waals surface area contributed by atoms with Gasteiger partial charge in [-0.2, -0.15) is 0 Å². The summed E-state index contributed by atoms with van der Waals surface area (Å²) in [6.07, 6.45) is 4.77. The molecule has 2 atom stereocenters. The molecule has 1 saturated heterocycles. The molecule has 0 amide bonds. The molecule has 2 unspecified atom stereocenters. The van der Waals surface area contributed by atoms with Crippen LogP contribution in [0.5, 0.6) is 0 Å². The van der Waals surface area contributed by atoms with Gasteiger partial charge >= 0.3 is 0 Å². The SMILES string of the molecule is CS(=O)(=O)Nc1ccc(N2C(=S)NC(c3ccccn3)C2c2ccc[nH]2)cc1. The number of rotatable bonds is 5. The van der Waals surface area contributed by atoms with Crippen molar-refractivity contribution in [3.05, 3.63) is 78.4 Å². The maximum atomic E-state index is 11.4. The largest absolute Gasteiger partial charge is 0.363 e. The highest BCUT2D eigenvalue weighted by molar-refractivity contribution is 7.92. The molecule has 1 aliphatic rings. The molecule has 0 radical (unpaired) electrons. The third-order valence-electron chi connectivity index (χ3n) is 4.49. The summed E-state index contributed by atoms with van der Waals surface area (Å²) < 4.78 is 25.3. The average Bonchev–Trinajstić information content (AvgIpc) is 3.29. The highest BCUT2D eigenvalue weighted by atomic mass is 32.2. The monoisotopic (exact) mass is 413 g/mol. The molecule has 144 valence electrons. The minimum atomic E-state index is -3.33. The zero-order valence-electron chi connectivity index (χ0n) is 15.0. The summed E-state index contributed by atoms with van der Waals surface area (Å²) in [6, 6.07) is 16.7. The summed E-state index contributed by atoms with van der Waals surface area (Å²) >= 11 is 5.63. The second-order valence-electron chi connectivity index (χ2n) is 6.54. The van der Waals surface area contributed by atoms with Crippen molar-refractivity contribution in [1.29, 1.82) is 0 Å². The maximum Gasteiger partial charge on any atom is 0.229 e. The topological polar surface area (TPSA) is 90.1 Å². The molecule has 1 aromatic carbocycles. The van der Waals surface area contributed by atoms with Crippen LogP contribution in [0.2, 0.25) is 0 Å². The van der Waals surface area contributed by atoms with Gasteiger partial charge in [-0.3, -0.25) is 9.71 Å². The van der Waals surface area contributed by atoms with E-state index in [-0.39, 0.29) is 12.1 Å². The van der Waals surface area contributed by atoms with Crippen LogP contribution in [0.25, 0.3) is 0 Å². The zero-order valence-corrected chi connectivity index (χ0v) is 16.7. The summed E-state index contributed by atoms with van der Waals surface area (Å²) in [5.74, 6) is 0. The van der Waals surface area contributed by atoms with E-state index in [1.54, 1.807) is 18.3 Å². The maximum absolute atomic E-state index is 11.4. The number of aromatic amines is 1. The molecule has 4 rings (SSSR count). The van der Waals surface area contributed by atoms with Crippen LogP contribution in [-0.2, 0) is 10.0 Å². The second kappa shape index (κ2) is 7.25. The van der Waals surface area contributed by atoms with Gasteiger partial charge in [-0.05, 0) is 60.7 Å². The van der Waals surface area contributed by atoms with Crippen molar-refractivity contribution in [3.8, 4) is 0 Å². The summed E-state index contributed by atoms with van der Waals surface area (Å²) in [6.45, 7) is 0. The Bertz CT molecular complexity index is 1070. The number of sulfonamides is 1. The second-order valence-corrected chi connectivity index (χ2v) is 8.68. The van der Waals surface area contributed by atoms with E-state index >= 15 is 0 Å². The van der Waals surface area contributed by atoms with E-state index in [1.165, 1.54) is 0 Å². The van der Waals surface area contributed by atoms with E-state index in [1.807, 2.05) is 53.6 Å². The Morgan fingerprint density at radius 3 is 2.50 bits per heavy atom. The fourth-order valence-electron chi connectivity index (χ4n) is 3.38. The number of hydrogen-bond acceptors (Lipinski definition) is 4. The van der Waals surface area contributed by atoms with Crippen LogP contribution >= 0.6 is 12.2 Å². The van der Waals surface area contributed by atoms with Crippen molar-refractivity contribution in [2.75, 3.05) is 15.9 Å². The Balaban J connectivity index is 1.71. The molecule has 3 aromatic rings. The van der Waals surface area contributed by atoms with Crippen molar-refractivity contribution in [3.63, 3.8) is 0 Å². The smallest absolute Gasteiger partial charge is 0.229 e. The van der Waals surface area contributed by atoms with Crippen LogP contribution in [0.1, 0.15) is 23.5 Å².